The summed E-state index contributed by atoms with van der Waals surface area (Å²) in [5, 5.41) is 9.95. The number of carbonyl (C=O) groups is 1. The minimum Gasteiger partial charge on any atom is -0.354 e. The van der Waals surface area contributed by atoms with E-state index in [0.29, 0.717) is 17.9 Å². The van der Waals surface area contributed by atoms with Crippen LogP contribution in [-0.4, -0.2) is 27.2 Å². The summed E-state index contributed by atoms with van der Waals surface area (Å²) in [6.07, 6.45) is 4.45. The van der Waals surface area contributed by atoms with Gasteiger partial charge in [0.25, 0.3) is 0 Å². The molecule has 0 unspecified atom stereocenters. The first kappa shape index (κ1) is 15.6. The van der Waals surface area contributed by atoms with E-state index in [1.165, 1.54) is 17.5 Å². The summed E-state index contributed by atoms with van der Waals surface area (Å²) < 4.78 is 2.51. The first-order valence-corrected chi connectivity index (χ1v) is 9.00. The molecule has 1 aromatic heterocycles. The number of nitrogens with zero attached hydrogens (tertiary/aromatic N) is 2. The Kier molecular flexibility index (Phi) is 3.79. The lowest BCUT2D eigenvalue weighted by Crippen LogP contribution is -2.32. The predicted molar refractivity (Wildman–Crippen MR) is 94.3 cm³/mol. The number of aryl methyl sites for hydroxylation is 2. The Labute approximate surface area is 146 Å². The Bertz CT molecular complexity index is 840. The molecule has 0 aliphatic heterocycles. The molecule has 2 N–H and O–H groups in total. The normalized spacial score (nSPS) is 24.6. The van der Waals surface area contributed by atoms with Gasteiger partial charge in [0.15, 0.2) is 4.77 Å². The number of hydrogen-bond acceptors (Lipinski definition) is 3. The van der Waals surface area contributed by atoms with Gasteiger partial charge in [-0.1, -0.05) is 24.3 Å². The van der Waals surface area contributed by atoms with Crippen LogP contribution in [0.25, 0.3) is 0 Å². The van der Waals surface area contributed by atoms with Gasteiger partial charge in [0.1, 0.15) is 5.82 Å². The lowest BCUT2D eigenvalue weighted by atomic mass is 9.78. The standard InChI is InChI=1S/C18H22N4OS/c1-12-20-21-17(24)22(12)10-9-19-16(23)15-11-18(15)8-4-6-13-5-2-3-7-14(13)18/h2-3,5,7,15H,4,6,8-11H2,1H3,(H,19,23)(H,21,24)/t15-,18-/m0/s1. The van der Waals surface area contributed by atoms with Crippen LogP contribution in [0.4, 0.5) is 0 Å². The summed E-state index contributed by atoms with van der Waals surface area (Å²) in [6, 6.07) is 8.64. The Balaban J connectivity index is 1.40. The molecular formula is C18H22N4OS. The number of H-pyrrole nitrogens is 1. The highest BCUT2D eigenvalue weighted by Gasteiger charge is 2.59. The average Bonchev–Trinajstić information content (AvgIpc) is 3.22. The topological polar surface area (TPSA) is 62.7 Å². The molecule has 0 saturated heterocycles. The van der Waals surface area contributed by atoms with E-state index < -0.39 is 0 Å². The molecule has 1 fully saturated rings. The second-order valence-electron chi connectivity index (χ2n) is 6.94. The molecule has 5 nitrogen and oxygen atoms in total. The van der Waals surface area contributed by atoms with Crippen molar-refractivity contribution in [3.05, 3.63) is 46.0 Å². The van der Waals surface area contributed by atoms with Crippen molar-refractivity contribution in [2.45, 2.75) is 44.6 Å². The van der Waals surface area contributed by atoms with Crippen molar-refractivity contribution in [3.8, 4) is 0 Å². The second-order valence-corrected chi connectivity index (χ2v) is 7.33. The van der Waals surface area contributed by atoms with Crippen LogP contribution < -0.4 is 5.32 Å². The van der Waals surface area contributed by atoms with Gasteiger partial charge in [-0.15, -0.1) is 0 Å². The quantitative estimate of drug-likeness (QED) is 0.840. The van der Waals surface area contributed by atoms with Crippen molar-refractivity contribution >= 4 is 18.1 Å². The largest absolute Gasteiger partial charge is 0.354 e. The number of nitrogens with one attached hydrogen (secondary N) is 2. The molecule has 24 heavy (non-hydrogen) atoms. The van der Waals surface area contributed by atoms with Gasteiger partial charge >= 0.3 is 0 Å². The van der Waals surface area contributed by atoms with Crippen LogP contribution in [0.2, 0.25) is 0 Å². The van der Waals surface area contributed by atoms with Crippen LogP contribution in [-0.2, 0) is 23.2 Å². The summed E-state index contributed by atoms with van der Waals surface area (Å²) in [5.74, 6) is 1.15. The van der Waals surface area contributed by atoms with Crippen LogP contribution in [0.15, 0.2) is 24.3 Å². The molecule has 6 heteroatoms. The molecule has 1 aromatic carbocycles. The summed E-state index contributed by atoms with van der Waals surface area (Å²) in [6.45, 7) is 3.15. The van der Waals surface area contributed by atoms with Gasteiger partial charge in [0.05, 0.1) is 0 Å². The van der Waals surface area contributed by atoms with E-state index in [-0.39, 0.29) is 17.2 Å². The molecular weight excluding hydrogens is 320 g/mol. The average molecular weight is 342 g/mol. The molecule has 0 bridgehead atoms. The fraction of sp³-hybridized carbons (Fsp3) is 0.500. The fourth-order valence-corrected chi connectivity index (χ4v) is 4.52. The van der Waals surface area contributed by atoms with E-state index in [0.717, 1.165) is 25.1 Å². The SMILES string of the molecule is Cc1n[nH]c(=S)n1CCNC(=O)[C@@H]1C[C@]12CCCc1ccccc12. The molecule has 2 aliphatic carbocycles. The molecule has 2 aliphatic rings. The van der Waals surface area contributed by atoms with Crippen molar-refractivity contribution < 1.29 is 4.79 Å². The number of amides is 1. The maximum Gasteiger partial charge on any atom is 0.224 e. The summed E-state index contributed by atoms with van der Waals surface area (Å²) in [7, 11) is 0. The molecule has 1 saturated carbocycles. The molecule has 1 spiro atoms. The highest BCUT2D eigenvalue weighted by molar-refractivity contribution is 7.71. The highest BCUT2D eigenvalue weighted by Crippen LogP contribution is 2.60. The first-order valence-electron chi connectivity index (χ1n) is 8.60. The first-order chi connectivity index (χ1) is 11.6. The number of benzene rings is 1. The number of fused-ring (bicyclic) bond motifs is 2. The fourth-order valence-electron chi connectivity index (χ4n) is 4.25. The third-order valence-electron chi connectivity index (χ3n) is 5.60. The molecule has 126 valence electrons. The maximum absolute atomic E-state index is 12.6. The molecule has 1 heterocycles. The van der Waals surface area contributed by atoms with Crippen LogP contribution in [0.1, 0.15) is 36.2 Å². The molecule has 2 aromatic rings. The van der Waals surface area contributed by atoms with Gasteiger partial charge < -0.3 is 9.88 Å². The third kappa shape index (κ3) is 2.49. The monoisotopic (exact) mass is 342 g/mol. The predicted octanol–water partition coefficient (Wildman–Crippen LogP) is 2.66. The van der Waals surface area contributed by atoms with Gasteiger partial charge in [-0.05, 0) is 56.0 Å². The number of carbonyl (C=O) groups excluding carboxylic acids is 1. The highest BCUT2D eigenvalue weighted by atomic mass is 32.1. The number of hydrogen-bond donors (Lipinski definition) is 2. The van der Waals surface area contributed by atoms with E-state index in [9.17, 15) is 4.79 Å². The number of rotatable bonds is 4. The minimum absolute atomic E-state index is 0.0980. The zero-order chi connectivity index (χ0) is 16.7. The Morgan fingerprint density at radius 3 is 3.12 bits per heavy atom. The molecule has 1 amide bonds. The zero-order valence-electron chi connectivity index (χ0n) is 13.8. The lowest BCUT2D eigenvalue weighted by molar-refractivity contribution is -0.122. The van der Waals surface area contributed by atoms with Crippen molar-refractivity contribution in [2.24, 2.45) is 5.92 Å². The van der Waals surface area contributed by atoms with Gasteiger partial charge in [-0.2, -0.15) is 5.10 Å². The van der Waals surface area contributed by atoms with Crippen molar-refractivity contribution in [1.29, 1.82) is 0 Å². The minimum atomic E-state index is 0.0980. The van der Waals surface area contributed by atoms with Crippen molar-refractivity contribution in [2.75, 3.05) is 6.54 Å². The van der Waals surface area contributed by atoms with E-state index in [2.05, 4.69) is 39.8 Å². The van der Waals surface area contributed by atoms with Crippen LogP contribution in [0.5, 0.6) is 0 Å². The van der Waals surface area contributed by atoms with E-state index in [1.54, 1.807) is 0 Å². The van der Waals surface area contributed by atoms with Gasteiger partial charge in [-0.25, -0.2) is 0 Å². The summed E-state index contributed by atoms with van der Waals surface area (Å²) in [4.78, 5) is 12.6. The Hall–Kier alpha value is -1.95. The smallest absolute Gasteiger partial charge is 0.224 e. The zero-order valence-corrected chi connectivity index (χ0v) is 14.7. The number of aromatic amines is 1. The lowest BCUT2D eigenvalue weighted by Gasteiger charge is -2.26. The summed E-state index contributed by atoms with van der Waals surface area (Å²) >= 11 is 5.19. The Morgan fingerprint density at radius 1 is 1.50 bits per heavy atom. The summed E-state index contributed by atoms with van der Waals surface area (Å²) in [5.41, 5.74) is 2.93. The van der Waals surface area contributed by atoms with Crippen molar-refractivity contribution in [3.63, 3.8) is 0 Å². The molecule has 2 atom stereocenters. The maximum atomic E-state index is 12.6. The van der Waals surface area contributed by atoms with E-state index in [1.807, 2.05) is 11.5 Å². The second kappa shape index (κ2) is 5.84. The van der Waals surface area contributed by atoms with Crippen LogP contribution in [0.3, 0.4) is 0 Å². The Morgan fingerprint density at radius 2 is 2.33 bits per heavy atom. The van der Waals surface area contributed by atoms with Gasteiger partial charge in [0.2, 0.25) is 5.91 Å². The van der Waals surface area contributed by atoms with Gasteiger partial charge in [0, 0.05) is 24.4 Å². The molecule has 4 rings (SSSR count). The third-order valence-corrected chi connectivity index (χ3v) is 5.91. The van der Waals surface area contributed by atoms with E-state index >= 15 is 0 Å². The number of aromatic nitrogens is 3. The van der Waals surface area contributed by atoms with Crippen molar-refractivity contribution in [1.82, 2.24) is 20.1 Å². The van der Waals surface area contributed by atoms with Crippen LogP contribution >= 0.6 is 12.2 Å². The van der Waals surface area contributed by atoms with Gasteiger partial charge in [-0.3, -0.25) is 9.89 Å². The van der Waals surface area contributed by atoms with Crippen LogP contribution in [0, 0.1) is 17.6 Å². The molecule has 0 radical (unpaired) electrons. The van der Waals surface area contributed by atoms with E-state index in [4.69, 9.17) is 12.2 Å².